The van der Waals surface area contributed by atoms with Gasteiger partial charge in [-0.1, -0.05) is 28.1 Å². The van der Waals surface area contributed by atoms with Crippen molar-refractivity contribution >= 4 is 15.9 Å². The average molecular weight is 306 g/mol. The third kappa shape index (κ3) is 2.49. The summed E-state index contributed by atoms with van der Waals surface area (Å²) in [5.41, 5.74) is 8.40. The summed E-state index contributed by atoms with van der Waals surface area (Å²) in [7, 11) is 0. The number of aryl methyl sites for hydroxylation is 1. The molecule has 0 fully saturated rings. The molecule has 0 aliphatic carbocycles. The second-order valence-corrected chi connectivity index (χ2v) is 5.81. The van der Waals surface area contributed by atoms with Crippen LogP contribution in [-0.2, 0) is 19.4 Å². The lowest BCUT2D eigenvalue weighted by molar-refractivity contribution is 0.463. The highest BCUT2D eigenvalue weighted by atomic mass is 79.9. The quantitative estimate of drug-likeness (QED) is 0.926. The first-order valence-corrected chi connectivity index (χ1v) is 7.05. The van der Waals surface area contributed by atoms with Crippen LogP contribution in [0, 0.1) is 0 Å². The zero-order valence-corrected chi connectivity index (χ0v) is 11.7. The van der Waals surface area contributed by atoms with E-state index >= 15 is 0 Å². The van der Waals surface area contributed by atoms with E-state index in [0.717, 1.165) is 41.8 Å². The Kier molecular flexibility index (Phi) is 3.22. The summed E-state index contributed by atoms with van der Waals surface area (Å²) < 4.78 is 3.36. The van der Waals surface area contributed by atoms with Crippen molar-refractivity contribution in [3.05, 3.63) is 52.0 Å². The minimum atomic E-state index is 0.278. The Hall–Kier alpha value is -1.13. The van der Waals surface area contributed by atoms with Crippen molar-refractivity contribution in [1.29, 1.82) is 0 Å². The number of fused-ring (bicyclic) bond motifs is 1. The Balaban J connectivity index is 1.79. The molecule has 0 saturated carbocycles. The van der Waals surface area contributed by atoms with Crippen molar-refractivity contribution in [3.63, 3.8) is 0 Å². The lowest BCUT2D eigenvalue weighted by Gasteiger charge is -2.18. The van der Waals surface area contributed by atoms with E-state index in [4.69, 9.17) is 10.7 Å². The van der Waals surface area contributed by atoms with Crippen LogP contribution >= 0.6 is 15.9 Å². The molecule has 0 radical (unpaired) electrons. The summed E-state index contributed by atoms with van der Waals surface area (Å²) >= 11 is 3.45. The van der Waals surface area contributed by atoms with Crippen LogP contribution in [0.15, 0.2) is 34.9 Å². The molecule has 1 aromatic heterocycles. The summed E-state index contributed by atoms with van der Waals surface area (Å²) in [5, 5.41) is 0. The van der Waals surface area contributed by atoms with Crippen LogP contribution in [-0.4, -0.2) is 15.6 Å². The smallest absolute Gasteiger partial charge is 0.110 e. The van der Waals surface area contributed by atoms with Gasteiger partial charge in [0.1, 0.15) is 5.82 Å². The molecule has 0 bridgehead atoms. The third-order valence-electron chi connectivity index (χ3n) is 3.39. The van der Waals surface area contributed by atoms with Crippen LogP contribution in [0.3, 0.4) is 0 Å². The van der Waals surface area contributed by atoms with Gasteiger partial charge < -0.3 is 10.3 Å². The second-order valence-electron chi connectivity index (χ2n) is 4.90. The molecular formula is C14H16BrN3. The number of nitrogens with two attached hydrogens (primary N) is 1. The molecule has 0 amide bonds. The molecule has 1 unspecified atom stereocenters. The van der Waals surface area contributed by atoms with Gasteiger partial charge in [0.2, 0.25) is 0 Å². The van der Waals surface area contributed by atoms with Gasteiger partial charge in [-0.15, -0.1) is 0 Å². The Morgan fingerprint density at radius 2 is 2.11 bits per heavy atom. The first-order chi connectivity index (χ1) is 8.70. The standard InChI is InChI=1S/C14H16BrN3/c15-11-3-1-10(2-4-11)7-13-9-18-6-5-12(16)8-14(18)17-13/h1-4,9,12H,5-8,16H2. The highest BCUT2D eigenvalue weighted by molar-refractivity contribution is 9.10. The van der Waals surface area contributed by atoms with E-state index in [9.17, 15) is 0 Å². The van der Waals surface area contributed by atoms with E-state index in [0.29, 0.717) is 0 Å². The van der Waals surface area contributed by atoms with Crippen molar-refractivity contribution in [1.82, 2.24) is 9.55 Å². The molecule has 2 aromatic rings. The zero-order valence-electron chi connectivity index (χ0n) is 10.1. The van der Waals surface area contributed by atoms with Crippen molar-refractivity contribution < 1.29 is 0 Å². The number of hydrogen-bond donors (Lipinski definition) is 1. The highest BCUT2D eigenvalue weighted by Gasteiger charge is 2.17. The van der Waals surface area contributed by atoms with Crippen molar-refractivity contribution in [2.45, 2.75) is 31.8 Å². The zero-order chi connectivity index (χ0) is 12.5. The number of imidazole rings is 1. The molecule has 0 saturated heterocycles. The minimum absolute atomic E-state index is 0.278. The summed E-state index contributed by atoms with van der Waals surface area (Å²) in [5.74, 6) is 1.14. The van der Waals surface area contributed by atoms with E-state index in [2.05, 4.69) is 51.0 Å². The lowest BCUT2D eigenvalue weighted by atomic mass is 10.1. The Bertz CT molecular complexity index is 545. The van der Waals surface area contributed by atoms with Gasteiger partial charge in [-0.3, -0.25) is 0 Å². The van der Waals surface area contributed by atoms with Gasteiger partial charge in [-0.25, -0.2) is 4.98 Å². The van der Waals surface area contributed by atoms with Gasteiger partial charge >= 0.3 is 0 Å². The molecular weight excluding hydrogens is 290 g/mol. The van der Waals surface area contributed by atoms with Crippen LogP contribution in [0.1, 0.15) is 23.5 Å². The Labute approximate surface area is 115 Å². The molecule has 1 atom stereocenters. The summed E-state index contributed by atoms with van der Waals surface area (Å²) in [6.45, 7) is 1.00. The molecule has 1 aromatic carbocycles. The van der Waals surface area contributed by atoms with E-state index in [1.807, 2.05) is 0 Å². The fraction of sp³-hybridized carbons (Fsp3) is 0.357. The number of halogens is 1. The molecule has 1 aliphatic heterocycles. The maximum Gasteiger partial charge on any atom is 0.110 e. The molecule has 3 rings (SSSR count). The monoisotopic (exact) mass is 305 g/mol. The third-order valence-corrected chi connectivity index (χ3v) is 3.92. The molecule has 18 heavy (non-hydrogen) atoms. The van der Waals surface area contributed by atoms with Crippen LogP contribution in [0.5, 0.6) is 0 Å². The molecule has 0 spiro atoms. The molecule has 3 nitrogen and oxygen atoms in total. The van der Waals surface area contributed by atoms with Gasteiger partial charge in [0, 0.05) is 36.1 Å². The number of benzene rings is 1. The van der Waals surface area contributed by atoms with Crippen molar-refractivity contribution in [2.75, 3.05) is 0 Å². The highest BCUT2D eigenvalue weighted by Crippen LogP contribution is 2.17. The molecule has 94 valence electrons. The van der Waals surface area contributed by atoms with Crippen molar-refractivity contribution in [2.24, 2.45) is 5.73 Å². The molecule has 2 N–H and O–H groups in total. The minimum Gasteiger partial charge on any atom is -0.335 e. The van der Waals surface area contributed by atoms with Gasteiger partial charge in [0.25, 0.3) is 0 Å². The van der Waals surface area contributed by atoms with Crippen LogP contribution in [0.4, 0.5) is 0 Å². The second kappa shape index (κ2) is 4.86. The average Bonchev–Trinajstić information content (AvgIpc) is 2.73. The topological polar surface area (TPSA) is 43.8 Å². The maximum atomic E-state index is 5.97. The lowest BCUT2D eigenvalue weighted by Crippen LogP contribution is -2.30. The Morgan fingerprint density at radius 1 is 1.33 bits per heavy atom. The number of nitrogens with zero attached hydrogens (tertiary/aromatic N) is 2. The van der Waals surface area contributed by atoms with Crippen LogP contribution in [0.2, 0.25) is 0 Å². The number of aromatic nitrogens is 2. The van der Waals surface area contributed by atoms with E-state index in [1.165, 1.54) is 5.56 Å². The van der Waals surface area contributed by atoms with Crippen LogP contribution < -0.4 is 5.73 Å². The molecule has 1 aliphatic rings. The van der Waals surface area contributed by atoms with Gasteiger partial charge in [0.15, 0.2) is 0 Å². The normalized spacial score (nSPS) is 18.7. The Morgan fingerprint density at radius 3 is 2.89 bits per heavy atom. The summed E-state index contributed by atoms with van der Waals surface area (Å²) in [6.07, 6.45) is 5.02. The first kappa shape index (κ1) is 11.9. The van der Waals surface area contributed by atoms with E-state index in [1.54, 1.807) is 0 Å². The van der Waals surface area contributed by atoms with Gasteiger partial charge in [-0.2, -0.15) is 0 Å². The summed E-state index contributed by atoms with van der Waals surface area (Å²) in [6, 6.07) is 8.69. The predicted molar refractivity (Wildman–Crippen MR) is 75.5 cm³/mol. The van der Waals surface area contributed by atoms with E-state index in [-0.39, 0.29) is 6.04 Å². The fourth-order valence-corrected chi connectivity index (χ4v) is 2.67. The first-order valence-electron chi connectivity index (χ1n) is 6.25. The van der Waals surface area contributed by atoms with Crippen LogP contribution in [0.25, 0.3) is 0 Å². The van der Waals surface area contributed by atoms with Crippen molar-refractivity contribution in [3.8, 4) is 0 Å². The van der Waals surface area contributed by atoms with Gasteiger partial charge in [-0.05, 0) is 24.1 Å². The van der Waals surface area contributed by atoms with E-state index < -0.39 is 0 Å². The summed E-state index contributed by atoms with van der Waals surface area (Å²) in [4.78, 5) is 4.69. The predicted octanol–water partition coefficient (Wildman–Crippen LogP) is 2.51. The number of hydrogen-bond acceptors (Lipinski definition) is 2. The fourth-order valence-electron chi connectivity index (χ4n) is 2.41. The molecule has 4 heteroatoms. The maximum absolute atomic E-state index is 5.97. The number of rotatable bonds is 2. The SMILES string of the molecule is NC1CCn2cc(Cc3ccc(Br)cc3)nc2C1. The largest absolute Gasteiger partial charge is 0.335 e. The molecule has 2 heterocycles. The van der Waals surface area contributed by atoms with Gasteiger partial charge in [0.05, 0.1) is 5.69 Å².